The van der Waals surface area contributed by atoms with Crippen LogP contribution in [0.5, 0.6) is 5.75 Å². The molecule has 0 aromatic heterocycles. The Kier molecular flexibility index (Phi) is 4.78. The standard InChI is InChI=1S/C15H11BrClFO2/c1-20-15-5-3-10(8-11(15)16)14(19)7-9-2-4-13(18)12(17)6-9/h2-6,8H,7H2,1H3. The van der Waals surface area contributed by atoms with Crippen LogP contribution in [0, 0.1) is 5.82 Å². The fourth-order valence-electron chi connectivity index (χ4n) is 1.78. The van der Waals surface area contributed by atoms with Crippen LogP contribution in [0.15, 0.2) is 40.9 Å². The molecule has 0 aliphatic rings. The number of halogens is 3. The van der Waals surface area contributed by atoms with Gasteiger partial charge in [-0.25, -0.2) is 4.39 Å². The van der Waals surface area contributed by atoms with Crippen LogP contribution in [0.25, 0.3) is 0 Å². The number of carbonyl (C=O) groups is 1. The predicted molar refractivity (Wildman–Crippen MR) is 80.1 cm³/mol. The van der Waals surface area contributed by atoms with Gasteiger partial charge in [-0.3, -0.25) is 4.79 Å². The molecule has 0 bridgehead atoms. The summed E-state index contributed by atoms with van der Waals surface area (Å²) in [6.45, 7) is 0. The van der Waals surface area contributed by atoms with Gasteiger partial charge in [-0.05, 0) is 51.8 Å². The second kappa shape index (κ2) is 6.37. The number of benzene rings is 2. The highest BCUT2D eigenvalue weighted by molar-refractivity contribution is 9.10. The van der Waals surface area contributed by atoms with Crippen molar-refractivity contribution in [3.63, 3.8) is 0 Å². The quantitative estimate of drug-likeness (QED) is 0.743. The van der Waals surface area contributed by atoms with Crippen LogP contribution in [-0.4, -0.2) is 12.9 Å². The van der Waals surface area contributed by atoms with Gasteiger partial charge in [-0.1, -0.05) is 17.7 Å². The summed E-state index contributed by atoms with van der Waals surface area (Å²) in [5, 5.41) is 0.0196. The van der Waals surface area contributed by atoms with E-state index in [0.29, 0.717) is 21.3 Å². The first-order chi connectivity index (χ1) is 9.51. The van der Waals surface area contributed by atoms with Gasteiger partial charge in [-0.2, -0.15) is 0 Å². The summed E-state index contributed by atoms with van der Waals surface area (Å²) in [5.74, 6) is 0.0949. The molecule has 0 saturated heterocycles. The molecule has 104 valence electrons. The van der Waals surface area contributed by atoms with Crippen LogP contribution in [0.1, 0.15) is 15.9 Å². The lowest BCUT2D eigenvalue weighted by atomic mass is 10.0. The predicted octanol–water partition coefficient (Wildman–Crippen LogP) is 4.68. The summed E-state index contributed by atoms with van der Waals surface area (Å²) in [5.41, 5.74) is 1.23. The van der Waals surface area contributed by atoms with E-state index in [4.69, 9.17) is 16.3 Å². The molecular weight excluding hydrogens is 347 g/mol. The van der Waals surface area contributed by atoms with Crippen molar-refractivity contribution in [2.24, 2.45) is 0 Å². The molecule has 5 heteroatoms. The number of rotatable bonds is 4. The van der Waals surface area contributed by atoms with Gasteiger partial charge in [0.05, 0.1) is 16.6 Å². The van der Waals surface area contributed by atoms with Crippen molar-refractivity contribution in [1.29, 1.82) is 0 Å². The highest BCUT2D eigenvalue weighted by Gasteiger charge is 2.11. The minimum Gasteiger partial charge on any atom is -0.496 e. The number of ketones is 1. The molecule has 0 aliphatic heterocycles. The highest BCUT2D eigenvalue weighted by Crippen LogP contribution is 2.26. The van der Waals surface area contributed by atoms with Crippen molar-refractivity contribution in [3.05, 3.63) is 62.8 Å². The Morgan fingerprint density at radius 1 is 1.30 bits per heavy atom. The monoisotopic (exact) mass is 356 g/mol. The van der Waals surface area contributed by atoms with Gasteiger partial charge in [0.2, 0.25) is 0 Å². The zero-order chi connectivity index (χ0) is 14.7. The van der Waals surface area contributed by atoms with Crippen LogP contribution >= 0.6 is 27.5 Å². The molecule has 0 unspecified atom stereocenters. The molecule has 0 atom stereocenters. The number of hydrogen-bond donors (Lipinski definition) is 0. The Balaban J connectivity index is 2.19. The molecular formula is C15H11BrClFO2. The second-order valence-electron chi connectivity index (χ2n) is 4.20. The lowest BCUT2D eigenvalue weighted by Gasteiger charge is -2.06. The topological polar surface area (TPSA) is 26.3 Å². The van der Waals surface area contributed by atoms with Crippen LogP contribution in [0.4, 0.5) is 4.39 Å². The van der Waals surface area contributed by atoms with E-state index in [9.17, 15) is 9.18 Å². The number of ether oxygens (including phenoxy) is 1. The Hall–Kier alpha value is -1.39. The van der Waals surface area contributed by atoms with Crippen molar-refractivity contribution in [1.82, 2.24) is 0 Å². The normalized spacial score (nSPS) is 10.4. The van der Waals surface area contributed by atoms with Crippen LogP contribution in [-0.2, 0) is 6.42 Å². The first-order valence-corrected chi connectivity index (χ1v) is 6.99. The summed E-state index contributed by atoms with van der Waals surface area (Å²) < 4.78 is 18.9. The molecule has 0 N–H and O–H groups in total. The SMILES string of the molecule is COc1ccc(C(=O)Cc2ccc(F)c(Cl)c2)cc1Br. The Bertz CT molecular complexity index is 658. The summed E-state index contributed by atoms with van der Waals surface area (Å²) >= 11 is 9.03. The van der Waals surface area contributed by atoms with Crippen LogP contribution in [0.2, 0.25) is 5.02 Å². The van der Waals surface area contributed by atoms with Gasteiger partial charge < -0.3 is 4.74 Å². The van der Waals surface area contributed by atoms with E-state index in [-0.39, 0.29) is 17.2 Å². The maximum atomic E-state index is 13.1. The van der Waals surface area contributed by atoms with Crippen molar-refractivity contribution in [2.75, 3.05) is 7.11 Å². The molecule has 0 amide bonds. The molecule has 0 fully saturated rings. The largest absolute Gasteiger partial charge is 0.496 e. The minimum atomic E-state index is -0.491. The number of hydrogen-bond acceptors (Lipinski definition) is 2. The van der Waals surface area contributed by atoms with Crippen molar-refractivity contribution >= 4 is 33.3 Å². The van der Waals surface area contributed by atoms with Gasteiger partial charge >= 0.3 is 0 Å². The zero-order valence-electron chi connectivity index (χ0n) is 10.6. The molecule has 0 saturated carbocycles. The molecule has 20 heavy (non-hydrogen) atoms. The molecule has 2 rings (SSSR count). The van der Waals surface area contributed by atoms with E-state index in [1.165, 1.54) is 12.1 Å². The molecule has 2 aromatic rings. The first kappa shape index (κ1) is 15.0. The summed E-state index contributed by atoms with van der Waals surface area (Å²) in [7, 11) is 1.56. The van der Waals surface area contributed by atoms with E-state index in [2.05, 4.69) is 15.9 Å². The van der Waals surface area contributed by atoms with Gasteiger partial charge in [0.15, 0.2) is 5.78 Å². The minimum absolute atomic E-state index is 0.0196. The first-order valence-electron chi connectivity index (χ1n) is 5.82. The third-order valence-electron chi connectivity index (χ3n) is 2.82. The van der Waals surface area contributed by atoms with E-state index in [1.54, 1.807) is 31.4 Å². The second-order valence-corrected chi connectivity index (χ2v) is 5.46. The number of methoxy groups -OCH3 is 1. The maximum Gasteiger partial charge on any atom is 0.167 e. The maximum absolute atomic E-state index is 13.1. The summed E-state index contributed by atoms with van der Waals surface area (Å²) in [6, 6.07) is 9.39. The van der Waals surface area contributed by atoms with Crippen molar-refractivity contribution in [3.8, 4) is 5.75 Å². The van der Waals surface area contributed by atoms with E-state index < -0.39 is 5.82 Å². The molecule has 0 heterocycles. The van der Waals surface area contributed by atoms with Gasteiger partial charge in [0.25, 0.3) is 0 Å². The van der Waals surface area contributed by atoms with Crippen LogP contribution < -0.4 is 4.74 Å². The van der Waals surface area contributed by atoms with Crippen molar-refractivity contribution < 1.29 is 13.9 Å². The van der Waals surface area contributed by atoms with E-state index in [1.807, 2.05) is 0 Å². The molecule has 0 aliphatic carbocycles. The fourth-order valence-corrected chi connectivity index (χ4v) is 2.52. The van der Waals surface area contributed by atoms with Crippen LogP contribution in [0.3, 0.4) is 0 Å². The average molecular weight is 358 g/mol. The third kappa shape index (κ3) is 3.38. The Labute approximate surface area is 129 Å². The van der Waals surface area contributed by atoms with Gasteiger partial charge in [0, 0.05) is 12.0 Å². The third-order valence-corrected chi connectivity index (χ3v) is 3.73. The van der Waals surface area contributed by atoms with Gasteiger partial charge in [-0.15, -0.1) is 0 Å². The average Bonchev–Trinajstić information content (AvgIpc) is 2.42. The summed E-state index contributed by atoms with van der Waals surface area (Å²) in [4.78, 5) is 12.2. The molecule has 2 nitrogen and oxygen atoms in total. The highest BCUT2D eigenvalue weighted by atomic mass is 79.9. The fraction of sp³-hybridized carbons (Fsp3) is 0.133. The summed E-state index contributed by atoms with van der Waals surface area (Å²) in [6.07, 6.45) is 0.165. The smallest absolute Gasteiger partial charge is 0.167 e. The lowest BCUT2D eigenvalue weighted by Crippen LogP contribution is -2.04. The number of Topliss-reactive ketones (excluding diaryl/α,β-unsaturated/α-hetero) is 1. The molecule has 2 aromatic carbocycles. The molecule has 0 radical (unpaired) electrons. The molecule has 0 spiro atoms. The Morgan fingerprint density at radius 3 is 2.65 bits per heavy atom. The lowest BCUT2D eigenvalue weighted by molar-refractivity contribution is 0.0993. The van der Waals surface area contributed by atoms with Crippen molar-refractivity contribution in [2.45, 2.75) is 6.42 Å². The van der Waals surface area contributed by atoms with E-state index in [0.717, 1.165) is 0 Å². The Morgan fingerprint density at radius 2 is 2.05 bits per heavy atom. The van der Waals surface area contributed by atoms with Gasteiger partial charge in [0.1, 0.15) is 11.6 Å². The zero-order valence-corrected chi connectivity index (χ0v) is 13.0. The number of carbonyl (C=O) groups excluding carboxylic acids is 1. The van der Waals surface area contributed by atoms with E-state index >= 15 is 0 Å².